The number of methoxy groups -OCH3 is 1. The predicted octanol–water partition coefficient (Wildman–Crippen LogP) is 3.07. The predicted molar refractivity (Wildman–Crippen MR) is 91.9 cm³/mol. The monoisotopic (exact) mass is 382 g/mol. The van der Waals surface area contributed by atoms with E-state index in [0.717, 1.165) is 0 Å². The Morgan fingerprint density at radius 1 is 1.31 bits per heavy atom. The van der Waals surface area contributed by atoms with Crippen LogP contribution in [0.2, 0.25) is 5.15 Å². The van der Waals surface area contributed by atoms with Crippen molar-refractivity contribution in [2.45, 2.75) is 0 Å². The minimum atomic E-state index is -2.77. The fourth-order valence-electron chi connectivity index (χ4n) is 2.38. The molecular weight excluding hydrogens is 368 g/mol. The fraction of sp³-hybridized carbons (Fsp3) is 0.125. The molecule has 1 amide bonds. The van der Waals surface area contributed by atoms with Crippen LogP contribution in [0.4, 0.5) is 20.3 Å². The standard InChI is InChI=1S/C16H12ClF2N5O2/c1-20-16(25)13-10(6-11(17)23-24-13)22-15-12-7(3-4-21-15)8(18)5-9(19)14(12)26-2/h3-6H,1-2H3,(H,20,25)(H,21,22,23)/i1D3. The van der Waals surface area contributed by atoms with Crippen LogP contribution >= 0.6 is 11.6 Å². The molecule has 7 nitrogen and oxygen atoms in total. The number of nitrogens with one attached hydrogen (secondary N) is 2. The van der Waals surface area contributed by atoms with Gasteiger partial charge < -0.3 is 15.4 Å². The summed E-state index contributed by atoms with van der Waals surface area (Å²) < 4.78 is 54.9. The van der Waals surface area contributed by atoms with Crippen LogP contribution in [0.5, 0.6) is 5.75 Å². The van der Waals surface area contributed by atoms with Crippen LogP contribution in [0.15, 0.2) is 24.4 Å². The summed E-state index contributed by atoms with van der Waals surface area (Å²) in [6.45, 7) is -2.77. The van der Waals surface area contributed by atoms with Gasteiger partial charge in [0.15, 0.2) is 22.4 Å². The number of nitrogens with zero attached hydrogens (tertiary/aromatic N) is 3. The van der Waals surface area contributed by atoms with Crippen molar-refractivity contribution in [3.05, 3.63) is 46.9 Å². The second kappa shape index (κ2) is 7.04. The summed E-state index contributed by atoms with van der Waals surface area (Å²) >= 11 is 5.83. The zero-order valence-corrected chi connectivity index (χ0v) is 13.9. The number of benzene rings is 1. The van der Waals surface area contributed by atoms with Crippen LogP contribution in [0.3, 0.4) is 0 Å². The maximum Gasteiger partial charge on any atom is 0.273 e. The molecule has 1 aromatic carbocycles. The van der Waals surface area contributed by atoms with E-state index in [0.29, 0.717) is 6.07 Å². The summed E-state index contributed by atoms with van der Waals surface area (Å²) in [6.07, 6.45) is 1.25. The van der Waals surface area contributed by atoms with E-state index in [9.17, 15) is 13.6 Å². The molecule has 3 rings (SSSR count). The number of amides is 1. The fourth-order valence-corrected chi connectivity index (χ4v) is 2.52. The molecule has 2 heterocycles. The van der Waals surface area contributed by atoms with Gasteiger partial charge in [-0.05, 0) is 6.07 Å². The van der Waals surface area contributed by atoms with Crippen LogP contribution in [-0.4, -0.2) is 35.2 Å². The van der Waals surface area contributed by atoms with Crippen molar-refractivity contribution >= 4 is 39.8 Å². The number of hydrogen-bond donors (Lipinski definition) is 2. The van der Waals surface area contributed by atoms with E-state index < -0.39 is 30.2 Å². The molecule has 2 aromatic heterocycles. The molecule has 2 N–H and O–H groups in total. The molecule has 0 unspecified atom stereocenters. The van der Waals surface area contributed by atoms with Gasteiger partial charge in [0.1, 0.15) is 11.6 Å². The van der Waals surface area contributed by atoms with E-state index in [2.05, 4.69) is 20.5 Å². The lowest BCUT2D eigenvalue weighted by Gasteiger charge is -2.14. The second-order valence-electron chi connectivity index (χ2n) is 4.96. The quantitative estimate of drug-likeness (QED) is 0.721. The molecule has 26 heavy (non-hydrogen) atoms. The maximum absolute atomic E-state index is 14.2. The average Bonchev–Trinajstić information content (AvgIpc) is 2.61. The highest BCUT2D eigenvalue weighted by Gasteiger charge is 2.20. The number of pyridine rings is 1. The number of halogens is 3. The first-order valence-electron chi connectivity index (χ1n) is 8.54. The van der Waals surface area contributed by atoms with E-state index in [1.54, 1.807) is 5.32 Å². The molecule has 134 valence electrons. The lowest BCUT2D eigenvalue weighted by Crippen LogP contribution is -2.21. The molecule has 0 saturated carbocycles. The Bertz CT molecular complexity index is 1110. The summed E-state index contributed by atoms with van der Waals surface area (Å²) in [6, 6.07) is 3.18. The molecule has 0 saturated heterocycles. The highest BCUT2D eigenvalue weighted by molar-refractivity contribution is 6.29. The molecule has 0 aliphatic heterocycles. The zero-order valence-electron chi connectivity index (χ0n) is 16.1. The average molecular weight is 383 g/mol. The molecule has 0 bridgehead atoms. The Hall–Kier alpha value is -3.07. The lowest BCUT2D eigenvalue weighted by molar-refractivity contribution is 0.0958. The Balaban J connectivity index is 2.15. The number of hydrogen-bond acceptors (Lipinski definition) is 6. The smallest absolute Gasteiger partial charge is 0.273 e. The van der Waals surface area contributed by atoms with Gasteiger partial charge in [-0.3, -0.25) is 4.79 Å². The molecular formula is C16H12ClF2N5O2. The number of anilines is 2. The van der Waals surface area contributed by atoms with Crippen LogP contribution in [0.25, 0.3) is 10.8 Å². The third kappa shape index (κ3) is 3.08. The molecule has 10 heteroatoms. The first-order valence-corrected chi connectivity index (χ1v) is 7.42. The number of carbonyl (C=O) groups is 1. The van der Waals surface area contributed by atoms with Crippen molar-refractivity contribution in [3.8, 4) is 5.75 Å². The number of ether oxygens (including phenoxy) is 1. The van der Waals surface area contributed by atoms with E-state index in [1.807, 2.05) is 0 Å². The summed E-state index contributed by atoms with van der Waals surface area (Å²) in [5, 5.41) is 11.4. The van der Waals surface area contributed by atoms with Gasteiger partial charge in [0.2, 0.25) is 0 Å². The van der Waals surface area contributed by atoms with Crippen LogP contribution in [0.1, 0.15) is 14.6 Å². The Kier molecular flexibility index (Phi) is 3.83. The van der Waals surface area contributed by atoms with Crippen LogP contribution in [-0.2, 0) is 0 Å². The summed E-state index contributed by atoms with van der Waals surface area (Å²) in [5.41, 5.74) is -0.501. The van der Waals surface area contributed by atoms with Gasteiger partial charge in [-0.1, -0.05) is 11.6 Å². The van der Waals surface area contributed by atoms with Crippen molar-refractivity contribution < 1.29 is 22.4 Å². The first kappa shape index (κ1) is 14.1. The van der Waals surface area contributed by atoms with Crippen molar-refractivity contribution in [1.82, 2.24) is 20.5 Å². The van der Waals surface area contributed by atoms with Gasteiger partial charge in [0.05, 0.1) is 18.2 Å². The topological polar surface area (TPSA) is 89.0 Å². The largest absolute Gasteiger partial charge is 0.493 e. The summed E-state index contributed by atoms with van der Waals surface area (Å²) in [4.78, 5) is 16.3. The van der Waals surface area contributed by atoms with Crippen LogP contribution < -0.4 is 15.4 Å². The van der Waals surface area contributed by atoms with Crippen LogP contribution in [0, 0.1) is 11.6 Å². The zero-order chi connectivity index (χ0) is 21.3. The normalized spacial score (nSPS) is 12.8. The third-order valence-electron chi connectivity index (χ3n) is 3.46. The number of carbonyl (C=O) groups excluding carboxylic acids is 1. The van der Waals surface area contributed by atoms with Crippen molar-refractivity contribution in [3.63, 3.8) is 0 Å². The molecule has 0 spiro atoms. The summed E-state index contributed by atoms with van der Waals surface area (Å²) in [7, 11) is 1.20. The van der Waals surface area contributed by atoms with Gasteiger partial charge in [-0.15, -0.1) is 10.2 Å². The minimum absolute atomic E-state index is 0.00218. The molecule has 0 fully saturated rings. The van der Waals surface area contributed by atoms with Gasteiger partial charge in [-0.25, -0.2) is 13.8 Å². The van der Waals surface area contributed by atoms with E-state index in [4.69, 9.17) is 20.5 Å². The first-order chi connectivity index (χ1) is 13.6. The number of aromatic nitrogens is 3. The van der Waals surface area contributed by atoms with Crippen molar-refractivity contribution in [2.24, 2.45) is 0 Å². The molecule has 0 atom stereocenters. The third-order valence-corrected chi connectivity index (χ3v) is 3.64. The summed E-state index contributed by atoms with van der Waals surface area (Å²) in [5.74, 6) is -3.24. The Morgan fingerprint density at radius 2 is 2.12 bits per heavy atom. The highest BCUT2D eigenvalue weighted by Crippen LogP contribution is 2.36. The van der Waals surface area contributed by atoms with Gasteiger partial charge >= 0.3 is 0 Å². The van der Waals surface area contributed by atoms with Crippen molar-refractivity contribution in [2.75, 3.05) is 19.4 Å². The van der Waals surface area contributed by atoms with Gasteiger partial charge in [-0.2, -0.15) is 0 Å². The van der Waals surface area contributed by atoms with E-state index >= 15 is 0 Å². The number of rotatable bonds is 4. The highest BCUT2D eigenvalue weighted by atomic mass is 35.5. The molecule has 0 aliphatic carbocycles. The second-order valence-corrected chi connectivity index (χ2v) is 5.35. The molecule has 3 aromatic rings. The Labute approximate surface area is 155 Å². The minimum Gasteiger partial charge on any atom is -0.493 e. The van der Waals surface area contributed by atoms with E-state index in [1.165, 1.54) is 25.4 Å². The lowest BCUT2D eigenvalue weighted by atomic mass is 10.1. The van der Waals surface area contributed by atoms with Crippen molar-refractivity contribution in [1.29, 1.82) is 0 Å². The Morgan fingerprint density at radius 3 is 2.85 bits per heavy atom. The number of fused-ring (bicyclic) bond motifs is 1. The SMILES string of the molecule is [2H]C([2H])([2H])NC(=O)c1nnc(Cl)cc1Nc1nccc2c(F)cc(F)c(OC)c12. The van der Waals surface area contributed by atoms with Gasteiger partial charge in [0.25, 0.3) is 5.91 Å². The molecule has 0 aliphatic rings. The molecule has 0 radical (unpaired) electrons. The van der Waals surface area contributed by atoms with Gasteiger partial charge in [0, 0.05) is 34.8 Å². The maximum atomic E-state index is 14.2. The van der Waals surface area contributed by atoms with E-state index in [-0.39, 0.29) is 33.2 Å².